The van der Waals surface area contributed by atoms with Crippen LogP contribution in [-0.2, 0) is 11.3 Å². The fourth-order valence-electron chi connectivity index (χ4n) is 5.06. The van der Waals surface area contributed by atoms with Crippen LogP contribution in [0.25, 0.3) is 22.4 Å². The molecular formula is C27H31F2N9O. The molecule has 1 amide bonds. The molecule has 1 fully saturated rings. The molecule has 1 aromatic carbocycles. The molecule has 5 rings (SSSR count). The van der Waals surface area contributed by atoms with E-state index in [1.807, 2.05) is 10.6 Å². The highest BCUT2D eigenvalue weighted by Crippen LogP contribution is 2.33. The third kappa shape index (κ3) is 5.51. The summed E-state index contributed by atoms with van der Waals surface area (Å²) in [5.41, 5.74) is 16.0. The van der Waals surface area contributed by atoms with E-state index in [9.17, 15) is 13.6 Å². The van der Waals surface area contributed by atoms with Crippen molar-refractivity contribution in [3.05, 3.63) is 60.3 Å². The number of rotatable bonds is 7. The minimum Gasteiger partial charge on any atom is -0.382 e. The molecule has 1 unspecified atom stereocenters. The lowest BCUT2D eigenvalue weighted by molar-refractivity contribution is -0.129. The van der Waals surface area contributed by atoms with E-state index in [0.717, 1.165) is 42.8 Å². The number of piperidine rings is 1. The third-order valence-corrected chi connectivity index (χ3v) is 7.24. The van der Waals surface area contributed by atoms with E-state index in [4.69, 9.17) is 11.5 Å². The van der Waals surface area contributed by atoms with Crippen LogP contribution in [0.5, 0.6) is 0 Å². The highest BCUT2D eigenvalue weighted by molar-refractivity contribution is 5.81. The van der Waals surface area contributed by atoms with Gasteiger partial charge < -0.3 is 25.8 Å². The van der Waals surface area contributed by atoms with Crippen LogP contribution in [0.15, 0.2) is 43.1 Å². The van der Waals surface area contributed by atoms with Gasteiger partial charge in [0.25, 0.3) is 0 Å². The van der Waals surface area contributed by atoms with Crippen LogP contribution in [0.4, 0.5) is 20.3 Å². The monoisotopic (exact) mass is 535 g/mol. The lowest BCUT2D eigenvalue weighted by atomic mass is 9.85. The number of anilines is 2. The largest absolute Gasteiger partial charge is 0.382 e. The predicted molar refractivity (Wildman–Crippen MR) is 145 cm³/mol. The Labute approximate surface area is 224 Å². The fourth-order valence-corrected chi connectivity index (χ4v) is 5.06. The van der Waals surface area contributed by atoms with Gasteiger partial charge in [-0.2, -0.15) is 0 Å². The van der Waals surface area contributed by atoms with Gasteiger partial charge in [-0.15, -0.1) is 0 Å². The molecule has 0 saturated carbocycles. The number of halogens is 2. The number of aromatic nitrogens is 5. The van der Waals surface area contributed by atoms with Crippen LogP contribution in [0.2, 0.25) is 0 Å². The lowest BCUT2D eigenvalue weighted by Crippen LogP contribution is -2.55. The van der Waals surface area contributed by atoms with E-state index in [-0.39, 0.29) is 11.7 Å². The fraction of sp³-hybridized carbons (Fsp3) is 0.370. The van der Waals surface area contributed by atoms with Gasteiger partial charge in [0, 0.05) is 44.7 Å². The van der Waals surface area contributed by atoms with E-state index >= 15 is 0 Å². The summed E-state index contributed by atoms with van der Waals surface area (Å²) in [4.78, 5) is 33.3. The number of fused-ring (bicyclic) bond motifs is 1. The van der Waals surface area contributed by atoms with Gasteiger partial charge in [0.1, 0.15) is 11.8 Å². The Morgan fingerprint density at radius 3 is 2.72 bits per heavy atom. The number of nitrogens with zero attached hydrogens (tertiary/aromatic N) is 7. The number of carbonyl (C=O) groups excluding carboxylic acids is 1. The average molecular weight is 536 g/mol. The van der Waals surface area contributed by atoms with Gasteiger partial charge in [0.05, 0.1) is 30.5 Å². The molecule has 4 aromatic rings. The van der Waals surface area contributed by atoms with E-state index < -0.39 is 17.2 Å². The zero-order valence-electron chi connectivity index (χ0n) is 21.9. The summed E-state index contributed by atoms with van der Waals surface area (Å²) in [5.74, 6) is -1.53. The summed E-state index contributed by atoms with van der Waals surface area (Å²) < 4.78 is 29.5. The number of benzene rings is 1. The first-order valence-corrected chi connectivity index (χ1v) is 12.7. The standard InChI is InChI=1S/C27H31F2N9O/c1-36(2)23(39)6-8-27(31)7-3-9-37(14-27)22-12-32-21(17-4-5-19(28)20(29)10-17)11-18(22)13-38-16-35-24-25(30)33-15-34-26(24)38/h4-5,10-12,15-16H,3,6-9,13-14,31H2,1-2H3,(H2,30,33,34). The zero-order valence-corrected chi connectivity index (χ0v) is 21.9. The molecule has 0 spiro atoms. The van der Waals surface area contributed by atoms with E-state index in [2.05, 4.69) is 24.8 Å². The number of pyridine rings is 1. The summed E-state index contributed by atoms with van der Waals surface area (Å²) in [6.07, 6.45) is 7.38. The molecule has 1 atom stereocenters. The van der Waals surface area contributed by atoms with Gasteiger partial charge in [0.15, 0.2) is 23.1 Å². The SMILES string of the molecule is CN(C)C(=O)CCC1(N)CCCN(c2cnc(-c3ccc(F)c(F)c3)cc2Cn2cnc3c(N)ncnc32)C1. The summed E-state index contributed by atoms with van der Waals surface area (Å²) >= 11 is 0. The van der Waals surface area contributed by atoms with Crippen LogP contribution in [0.3, 0.4) is 0 Å². The molecule has 1 aliphatic rings. The molecule has 39 heavy (non-hydrogen) atoms. The van der Waals surface area contributed by atoms with Crippen LogP contribution in [0.1, 0.15) is 31.2 Å². The molecule has 1 saturated heterocycles. The number of amides is 1. The van der Waals surface area contributed by atoms with Crippen molar-refractivity contribution in [2.24, 2.45) is 5.73 Å². The normalized spacial score (nSPS) is 17.5. The Hall–Kier alpha value is -4.19. The molecule has 10 nitrogen and oxygen atoms in total. The topological polar surface area (TPSA) is 132 Å². The number of hydrogen-bond acceptors (Lipinski definition) is 8. The number of nitrogen functional groups attached to an aromatic ring is 1. The molecule has 1 aliphatic heterocycles. The Morgan fingerprint density at radius 1 is 1.13 bits per heavy atom. The van der Waals surface area contributed by atoms with Crippen molar-refractivity contribution < 1.29 is 13.6 Å². The van der Waals surface area contributed by atoms with Crippen molar-refractivity contribution in [1.29, 1.82) is 0 Å². The van der Waals surface area contributed by atoms with Crippen molar-refractivity contribution in [3.63, 3.8) is 0 Å². The molecule has 12 heteroatoms. The summed E-state index contributed by atoms with van der Waals surface area (Å²) in [6.45, 7) is 1.68. The maximum atomic E-state index is 14.0. The quantitative estimate of drug-likeness (QED) is 0.369. The van der Waals surface area contributed by atoms with Crippen molar-refractivity contribution in [3.8, 4) is 11.3 Å². The minimum absolute atomic E-state index is 0.0448. The van der Waals surface area contributed by atoms with Gasteiger partial charge in [-0.05, 0) is 49.1 Å². The van der Waals surface area contributed by atoms with Gasteiger partial charge in [-0.1, -0.05) is 0 Å². The van der Waals surface area contributed by atoms with Gasteiger partial charge in [-0.25, -0.2) is 23.7 Å². The summed E-state index contributed by atoms with van der Waals surface area (Å²) in [5, 5.41) is 0. The highest BCUT2D eigenvalue weighted by atomic mass is 19.2. The molecule has 204 valence electrons. The van der Waals surface area contributed by atoms with E-state index in [0.29, 0.717) is 48.4 Å². The predicted octanol–water partition coefficient (Wildman–Crippen LogP) is 2.96. The Bertz CT molecular complexity index is 1520. The molecule has 4 heterocycles. The van der Waals surface area contributed by atoms with Gasteiger partial charge >= 0.3 is 0 Å². The van der Waals surface area contributed by atoms with Crippen LogP contribution in [-0.4, -0.2) is 68.0 Å². The summed E-state index contributed by atoms with van der Waals surface area (Å²) in [7, 11) is 3.48. The van der Waals surface area contributed by atoms with Crippen molar-refractivity contribution in [2.75, 3.05) is 37.8 Å². The van der Waals surface area contributed by atoms with Crippen LogP contribution >= 0.6 is 0 Å². The molecular weight excluding hydrogens is 504 g/mol. The Balaban J connectivity index is 1.51. The molecule has 3 aromatic heterocycles. The second-order valence-electron chi connectivity index (χ2n) is 10.3. The van der Waals surface area contributed by atoms with E-state index in [1.54, 1.807) is 31.5 Å². The maximum absolute atomic E-state index is 14.0. The molecule has 4 N–H and O–H groups in total. The lowest BCUT2D eigenvalue weighted by Gasteiger charge is -2.42. The number of hydrogen-bond donors (Lipinski definition) is 2. The Morgan fingerprint density at radius 2 is 1.95 bits per heavy atom. The first-order valence-electron chi connectivity index (χ1n) is 12.7. The second kappa shape index (κ2) is 10.5. The number of imidazole rings is 1. The maximum Gasteiger partial charge on any atom is 0.222 e. The summed E-state index contributed by atoms with van der Waals surface area (Å²) in [6, 6.07) is 5.58. The average Bonchev–Trinajstić information content (AvgIpc) is 3.33. The van der Waals surface area contributed by atoms with Gasteiger partial charge in [0.2, 0.25) is 5.91 Å². The molecule has 0 bridgehead atoms. The van der Waals surface area contributed by atoms with Crippen molar-refractivity contribution >= 4 is 28.6 Å². The Kier molecular flexibility index (Phi) is 7.13. The smallest absolute Gasteiger partial charge is 0.222 e. The zero-order chi connectivity index (χ0) is 27.7. The first-order chi connectivity index (χ1) is 18.6. The first kappa shape index (κ1) is 26.4. The van der Waals surface area contributed by atoms with E-state index in [1.165, 1.54) is 12.4 Å². The van der Waals surface area contributed by atoms with Crippen LogP contribution in [0, 0.1) is 11.6 Å². The van der Waals surface area contributed by atoms with Crippen molar-refractivity contribution in [2.45, 2.75) is 37.8 Å². The van der Waals surface area contributed by atoms with Crippen LogP contribution < -0.4 is 16.4 Å². The highest BCUT2D eigenvalue weighted by Gasteiger charge is 2.33. The van der Waals surface area contributed by atoms with Crippen molar-refractivity contribution in [1.82, 2.24) is 29.4 Å². The third-order valence-electron chi connectivity index (χ3n) is 7.24. The second-order valence-corrected chi connectivity index (χ2v) is 10.3. The molecule has 0 radical (unpaired) electrons. The number of nitrogens with two attached hydrogens (primary N) is 2. The molecule has 0 aliphatic carbocycles. The van der Waals surface area contributed by atoms with Gasteiger partial charge in [-0.3, -0.25) is 9.78 Å². The number of carbonyl (C=O) groups is 1. The minimum atomic E-state index is -0.941.